The predicted octanol–water partition coefficient (Wildman–Crippen LogP) is 1.75. The normalized spacial score (nSPS) is 12.8. The van der Waals surface area contributed by atoms with Crippen LogP contribution in [0.15, 0.2) is 54.6 Å². The van der Waals surface area contributed by atoms with E-state index in [4.69, 9.17) is 5.73 Å². The Morgan fingerprint density at radius 2 is 1.55 bits per heavy atom. The number of aromatic hydroxyl groups is 1. The molecule has 0 bridgehead atoms. The predicted molar refractivity (Wildman–Crippen MR) is 110 cm³/mol. The van der Waals surface area contributed by atoms with Gasteiger partial charge in [-0.3, -0.25) is 14.4 Å². The third-order valence-electron chi connectivity index (χ3n) is 4.40. The molecule has 0 aliphatic carbocycles. The SMILES string of the molecule is CC(C)C[C@H](NC(=O)[C@H](Cc1ccc(O)cc1)NC(=O)c1ccccc1)C(N)=O. The smallest absolute Gasteiger partial charge is 0.251 e. The fourth-order valence-electron chi connectivity index (χ4n) is 2.90. The van der Waals surface area contributed by atoms with Gasteiger partial charge in [0.25, 0.3) is 5.91 Å². The Hall–Kier alpha value is -3.35. The van der Waals surface area contributed by atoms with E-state index in [-0.39, 0.29) is 18.1 Å². The number of carbonyl (C=O) groups excluding carboxylic acids is 3. The van der Waals surface area contributed by atoms with Gasteiger partial charge in [-0.25, -0.2) is 0 Å². The first-order valence-electron chi connectivity index (χ1n) is 9.49. The molecule has 2 aromatic rings. The maximum absolute atomic E-state index is 12.9. The van der Waals surface area contributed by atoms with Crippen molar-refractivity contribution in [3.8, 4) is 5.75 Å². The number of phenolic OH excluding ortho intramolecular Hbond substituents is 1. The molecule has 0 heterocycles. The van der Waals surface area contributed by atoms with E-state index >= 15 is 0 Å². The molecule has 2 aromatic carbocycles. The van der Waals surface area contributed by atoms with Gasteiger partial charge in [-0.15, -0.1) is 0 Å². The number of hydrogen-bond acceptors (Lipinski definition) is 4. The number of hydrogen-bond donors (Lipinski definition) is 4. The number of nitrogens with two attached hydrogens (primary N) is 1. The Labute approximate surface area is 170 Å². The van der Waals surface area contributed by atoms with Crippen LogP contribution in [0.3, 0.4) is 0 Å². The van der Waals surface area contributed by atoms with Gasteiger partial charge >= 0.3 is 0 Å². The summed E-state index contributed by atoms with van der Waals surface area (Å²) >= 11 is 0. The van der Waals surface area contributed by atoms with Crippen molar-refractivity contribution in [2.45, 2.75) is 38.8 Å². The highest BCUT2D eigenvalue weighted by Gasteiger charge is 2.26. The summed E-state index contributed by atoms with van der Waals surface area (Å²) < 4.78 is 0. The van der Waals surface area contributed by atoms with Crippen LogP contribution in [0.1, 0.15) is 36.2 Å². The minimum absolute atomic E-state index is 0.105. The highest BCUT2D eigenvalue weighted by Crippen LogP contribution is 2.13. The van der Waals surface area contributed by atoms with Crippen LogP contribution < -0.4 is 16.4 Å². The highest BCUT2D eigenvalue weighted by atomic mass is 16.3. The van der Waals surface area contributed by atoms with Crippen molar-refractivity contribution in [3.05, 3.63) is 65.7 Å². The minimum atomic E-state index is -0.915. The third kappa shape index (κ3) is 6.95. The van der Waals surface area contributed by atoms with E-state index in [1.54, 1.807) is 42.5 Å². The molecule has 0 spiro atoms. The molecule has 2 rings (SSSR count). The molecule has 154 valence electrons. The molecule has 7 heteroatoms. The zero-order chi connectivity index (χ0) is 21.4. The van der Waals surface area contributed by atoms with Gasteiger partial charge in [-0.05, 0) is 42.2 Å². The van der Waals surface area contributed by atoms with E-state index in [1.165, 1.54) is 12.1 Å². The van der Waals surface area contributed by atoms with Gasteiger partial charge < -0.3 is 21.5 Å². The highest BCUT2D eigenvalue weighted by molar-refractivity contribution is 5.98. The summed E-state index contributed by atoms with van der Waals surface area (Å²) in [5, 5.41) is 14.8. The van der Waals surface area contributed by atoms with E-state index in [0.29, 0.717) is 12.0 Å². The first-order chi connectivity index (χ1) is 13.8. The van der Waals surface area contributed by atoms with Gasteiger partial charge in [0, 0.05) is 12.0 Å². The van der Waals surface area contributed by atoms with Gasteiger partial charge in [-0.2, -0.15) is 0 Å². The largest absolute Gasteiger partial charge is 0.508 e. The van der Waals surface area contributed by atoms with Gasteiger partial charge in [0.1, 0.15) is 17.8 Å². The van der Waals surface area contributed by atoms with Crippen LogP contribution in [0.5, 0.6) is 5.75 Å². The second-order valence-electron chi connectivity index (χ2n) is 7.36. The molecule has 5 N–H and O–H groups in total. The van der Waals surface area contributed by atoms with Gasteiger partial charge in [0.2, 0.25) is 11.8 Å². The average molecular weight is 397 g/mol. The van der Waals surface area contributed by atoms with Crippen molar-refractivity contribution >= 4 is 17.7 Å². The van der Waals surface area contributed by atoms with E-state index in [2.05, 4.69) is 10.6 Å². The summed E-state index contributed by atoms with van der Waals surface area (Å²) in [6.45, 7) is 3.85. The Morgan fingerprint density at radius 1 is 0.931 bits per heavy atom. The van der Waals surface area contributed by atoms with E-state index in [9.17, 15) is 19.5 Å². The summed E-state index contributed by atoms with van der Waals surface area (Å²) in [6, 6.07) is 13.2. The van der Waals surface area contributed by atoms with Crippen molar-refractivity contribution in [2.75, 3.05) is 0 Å². The van der Waals surface area contributed by atoms with Crippen molar-refractivity contribution < 1.29 is 19.5 Å². The molecule has 0 aliphatic heterocycles. The van der Waals surface area contributed by atoms with Crippen molar-refractivity contribution in [1.29, 1.82) is 0 Å². The quantitative estimate of drug-likeness (QED) is 0.515. The lowest BCUT2D eigenvalue weighted by Crippen LogP contribution is -2.54. The summed E-state index contributed by atoms with van der Waals surface area (Å²) in [4.78, 5) is 37.2. The maximum Gasteiger partial charge on any atom is 0.251 e. The summed E-state index contributed by atoms with van der Waals surface area (Å²) in [7, 11) is 0. The monoisotopic (exact) mass is 397 g/mol. The van der Waals surface area contributed by atoms with Crippen LogP contribution in [-0.2, 0) is 16.0 Å². The second-order valence-corrected chi connectivity index (χ2v) is 7.36. The van der Waals surface area contributed by atoms with E-state index < -0.39 is 29.8 Å². The van der Waals surface area contributed by atoms with Crippen LogP contribution in [0.4, 0.5) is 0 Å². The lowest BCUT2D eigenvalue weighted by Gasteiger charge is -2.23. The zero-order valence-electron chi connectivity index (χ0n) is 16.6. The van der Waals surface area contributed by atoms with Gasteiger partial charge in [-0.1, -0.05) is 44.2 Å². The molecule has 0 radical (unpaired) electrons. The van der Waals surface area contributed by atoms with Crippen molar-refractivity contribution in [1.82, 2.24) is 10.6 Å². The zero-order valence-corrected chi connectivity index (χ0v) is 16.6. The molecule has 2 atom stereocenters. The number of carbonyl (C=O) groups is 3. The molecule has 0 aliphatic rings. The van der Waals surface area contributed by atoms with Crippen LogP contribution >= 0.6 is 0 Å². The summed E-state index contributed by atoms with van der Waals surface area (Å²) in [5.74, 6) is -1.25. The topological polar surface area (TPSA) is 122 Å². The summed E-state index contributed by atoms with van der Waals surface area (Å²) in [5.41, 5.74) is 6.59. The minimum Gasteiger partial charge on any atom is -0.508 e. The van der Waals surface area contributed by atoms with E-state index in [1.807, 2.05) is 13.8 Å². The second kappa shape index (κ2) is 10.3. The fraction of sp³-hybridized carbons (Fsp3) is 0.318. The van der Waals surface area contributed by atoms with Crippen LogP contribution in [0, 0.1) is 5.92 Å². The first-order valence-corrected chi connectivity index (χ1v) is 9.49. The number of amides is 3. The maximum atomic E-state index is 12.9. The molecule has 29 heavy (non-hydrogen) atoms. The molecule has 0 unspecified atom stereocenters. The Bertz CT molecular complexity index is 835. The molecule has 0 aromatic heterocycles. The van der Waals surface area contributed by atoms with Crippen LogP contribution in [-0.4, -0.2) is 34.9 Å². The van der Waals surface area contributed by atoms with Crippen LogP contribution in [0.2, 0.25) is 0 Å². The Kier molecular flexibility index (Phi) is 7.77. The number of nitrogens with one attached hydrogen (secondary N) is 2. The number of benzene rings is 2. The van der Waals surface area contributed by atoms with Gasteiger partial charge in [0.05, 0.1) is 0 Å². The Balaban J connectivity index is 2.20. The average Bonchev–Trinajstić information content (AvgIpc) is 2.68. The molecule has 7 nitrogen and oxygen atoms in total. The van der Waals surface area contributed by atoms with E-state index in [0.717, 1.165) is 5.56 Å². The molecule has 0 fully saturated rings. The lowest BCUT2D eigenvalue weighted by molar-refractivity contribution is -0.128. The lowest BCUT2D eigenvalue weighted by atomic mass is 10.0. The number of phenols is 1. The number of primary amides is 1. The standard InChI is InChI=1S/C22H27N3O4/c1-14(2)12-18(20(23)27)24-22(29)19(13-15-8-10-17(26)11-9-15)25-21(28)16-6-4-3-5-7-16/h3-11,14,18-19,26H,12-13H2,1-2H3,(H2,23,27)(H,24,29)(H,25,28)/t18-,19-/m0/s1. The number of rotatable bonds is 9. The molecule has 0 saturated heterocycles. The first kappa shape index (κ1) is 21.9. The van der Waals surface area contributed by atoms with Gasteiger partial charge in [0.15, 0.2) is 0 Å². The molecule has 3 amide bonds. The van der Waals surface area contributed by atoms with Crippen molar-refractivity contribution in [2.24, 2.45) is 11.7 Å². The Morgan fingerprint density at radius 3 is 2.10 bits per heavy atom. The molecular weight excluding hydrogens is 370 g/mol. The third-order valence-corrected chi connectivity index (χ3v) is 4.40. The van der Waals surface area contributed by atoms with Crippen LogP contribution in [0.25, 0.3) is 0 Å². The fourth-order valence-corrected chi connectivity index (χ4v) is 2.90. The van der Waals surface area contributed by atoms with Crippen molar-refractivity contribution in [3.63, 3.8) is 0 Å². The molecular formula is C22H27N3O4. The molecule has 0 saturated carbocycles. The summed E-state index contributed by atoms with van der Waals surface area (Å²) in [6.07, 6.45) is 0.595.